The monoisotopic (exact) mass is 446 g/mol. The summed E-state index contributed by atoms with van der Waals surface area (Å²) in [7, 11) is 3.23. The van der Waals surface area contributed by atoms with Crippen molar-refractivity contribution >= 4 is 23.2 Å². The fourth-order valence-corrected chi connectivity index (χ4v) is 6.74. The van der Waals surface area contributed by atoms with E-state index in [1.54, 1.807) is 14.2 Å². The number of hydrogen-bond donors (Lipinski definition) is 0. The minimum atomic E-state index is -0.338. The Hall–Kier alpha value is -3.35. The number of benzene rings is 2. The van der Waals surface area contributed by atoms with Crippen LogP contribution in [-0.2, 0) is 14.4 Å². The van der Waals surface area contributed by atoms with Gasteiger partial charge in [-0.1, -0.05) is 23.4 Å². The number of hydrogen-bond acceptors (Lipinski definition) is 6. The fourth-order valence-electron chi connectivity index (χ4n) is 6.74. The summed E-state index contributed by atoms with van der Waals surface area (Å²) >= 11 is 0. The van der Waals surface area contributed by atoms with Gasteiger partial charge in [0.05, 0.1) is 37.5 Å². The number of amides is 2. The number of rotatable bonds is 4. The van der Waals surface area contributed by atoms with Crippen LogP contribution in [0.25, 0.3) is 0 Å². The minimum absolute atomic E-state index is 0.0127. The zero-order chi connectivity index (χ0) is 23.0. The summed E-state index contributed by atoms with van der Waals surface area (Å²) < 4.78 is 10.9. The first kappa shape index (κ1) is 20.3. The van der Waals surface area contributed by atoms with E-state index >= 15 is 0 Å². The molecule has 2 aliphatic heterocycles. The number of anilines is 1. The molecule has 2 aliphatic carbocycles. The first-order chi connectivity index (χ1) is 16.0. The molecule has 0 unspecified atom stereocenters. The standard InChI is InChI=1S/C26H26N2O5/c1-12-6-5-7-13(2)23(12)28-25(29)19-16-11-17(20(19)26(28)30)24-21(16)22(27-33-24)15-9-8-14(31-3)10-18(15)32-4/h5-10,16-17,19-21,24H,11H2,1-4H3/t16-,17+,19-,20-,21-,24-/m1/s1. The predicted octanol–water partition coefficient (Wildman–Crippen LogP) is 3.50. The lowest BCUT2D eigenvalue weighted by atomic mass is 9.71. The van der Waals surface area contributed by atoms with Crippen molar-refractivity contribution in [3.63, 3.8) is 0 Å². The molecule has 170 valence electrons. The molecule has 2 amide bonds. The molecular weight excluding hydrogens is 420 g/mol. The van der Waals surface area contributed by atoms with Crippen molar-refractivity contribution in [1.29, 1.82) is 0 Å². The second kappa shape index (κ2) is 7.07. The van der Waals surface area contributed by atoms with Gasteiger partial charge in [0.25, 0.3) is 0 Å². The van der Waals surface area contributed by atoms with E-state index in [4.69, 9.17) is 14.3 Å². The molecule has 0 aromatic heterocycles. The highest BCUT2D eigenvalue weighted by Crippen LogP contribution is 2.62. The summed E-state index contributed by atoms with van der Waals surface area (Å²) in [5.41, 5.74) is 4.25. The largest absolute Gasteiger partial charge is 0.497 e. The molecule has 6 rings (SSSR count). The van der Waals surface area contributed by atoms with E-state index in [0.29, 0.717) is 11.5 Å². The molecule has 2 aromatic rings. The van der Waals surface area contributed by atoms with Crippen molar-refractivity contribution in [1.82, 2.24) is 0 Å². The van der Waals surface area contributed by atoms with Crippen LogP contribution >= 0.6 is 0 Å². The van der Waals surface area contributed by atoms with Gasteiger partial charge >= 0.3 is 0 Å². The topological polar surface area (TPSA) is 77.4 Å². The lowest BCUT2D eigenvalue weighted by Gasteiger charge is -2.30. The Balaban J connectivity index is 1.37. The molecule has 6 atom stereocenters. The van der Waals surface area contributed by atoms with Crippen molar-refractivity contribution < 1.29 is 23.9 Å². The third kappa shape index (κ3) is 2.59. The summed E-state index contributed by atoms with van der Waals surface area (Å²) in [6.45, 7) is 3.90. The van der Waals surface area contributed by atoms with Gasteiger partial charge in [-0.2, -0.15) is 0 Å². The molecular formula is C26H26N2O5. The summed E-state index contributed by atoms with van der Waals surface area (Å²) in [5, 5.41) is 4.44. The van der Waals surface area contributed by atoms with Crippen LogP contribution in [0.5, 0.6) is 11.5 Å². The average Bonchev–Trinajstić information content (AvgIpc) is 3.55. The van der Waals surface area contributed by atoms with Crippen molar-refractivity contribution in [3.05, 3.63) is 53.1 Å². The van der Waals surface area contributed by atoms with Crippen molar-refractivity contribution in [3.8, 4) is 11.5 Å². The molecule has 7 heteroatoms. The molecule has 2 saturated carbocycles. The minimum Gasteiger partial charge on any atom is -0.497 e. The summed E-state index contributed by atoms with van der Waals surface area (Å²) in [4.78, 5) is 34.7. The van der Waals surface area contributed by atoms with Gasteiger partial charge in [-0.15, -0.1) is 0 Å². The highest BCUT2D eigenvalue weighted by atomic mass is 16.6. The number of carbonyl (C=O) groups excluding carboxylic acids is 2. The molecule has 2 aromatic carbocycles. The third-order valence-electron chi connectivity index (χ3n) is 8.04. The van der Waals surface area contributed by atoms with Gasteiger partial charge < -0.3 is 14.3 Å². The van der Waals surface area contributed by atoms with E-state index < -0.39 is 0 Å². The number of aryl methyl sites for hydroxylation is 2. The number of carbonyl (C=O) groups is 2. The molecule has 2 heterocycles. The Bertz CT molecular complexity index is 1200. The Kier molecular flexibility index (Phi) is 4.34. The van der Waals surface area contributed by atoms with E-state index in [1.165, 1.54) is 4.90 Å². The molecule has 0 radical (unpaired) electrons. The molecule has 0 spiro atoms. The van der Waals surface area contributed by atoms with Crippen molar-refractivity contribution in [2.75, 3.05) is 19.1 Å². The van der Waals surface area contributed by atoms with Gasteiger partial charge in [0, 0.05) is 23.5 Å². The predicted molar refractivity (Wildman–Crippen MR) is 121 cm³/mol. The number of ether oxygens (including phenoxy) is 2. The van der Waals surface area contributed by atoms with Crippen LogP contribution < -0.4 is 14.4 Å². The first-order valence-corrected chi connectivity index (χ1v) is 11.4. The van der Waals surface area contributed by atoms with Crippen molar-refractivity contribution in [2.45, 2.75) is 26.4 Å². The van der Waals surface area contributed by atoms with Gasteiger partial charge in [0.2, 0.25) is 11.8 Å². The van der Waals surface area contributed by atoms with E-state index in [-0.39, 0.29) is 47.5 Å². The van der Waals surface area contributed by atoms with Gasteiger partial charge in [-0.25, -0.2) is 4.90 Å². The highest BCUT2D eigenvalue weighted by molar-refractivity contribution is 6.23. The van der Waals surface area contributed by atoms with Crippen LogP contribution in [0.1, 0.15) is 23.1 Å². The maximum absolute atomic E-state index is 13.7. The molecule has 1 saturated heterocycles. The Morgan fingerprint density at radius 1 is 0.939 bits per heavy atom. The van der Waals surface area contributed by atoms with E-state index in [2.05, 4.69) is 5.16 Å². The smallest absolute Gasteiger partial charge is 0.238 e. The number of methoxy groups -OCH3 is 2. The molecule has 2 bridgehead atoms. The number of oxime groups is 1. The first-order valence-electron chi connectivity index (χ1n) is 11.4. The third-order valence-corrected chi connectivity index (χ3v) is 8.04. The molecule has 4 aliphatic rings. The zero-order valence-corrected chi connectivity index (χ0v) is 19.1. The van der Waals surface area contributed by atoms with Crippen LogP contribution in [0, 0.1) is 43.4 Å². The SMILES string of the molecule is COc1ccc(C2=NO[C@@H]3[C@H]4C[C@H]([C@H]5C(=O)N(c6c(C)cccc6C)C(=O)[C@H]45)[C@H]23)c(OC)c1. The number of fused-ring (bicyclic) bond motifs is 8. The van der Waals surface area contributed by atoms with Crippen LogP contribution in [0.15, 0.2) is 41.6 Å². The number of para-hydroxylation sites is 1. The van der Waals surface area contributed by atoms with Gasteiger partial charge in [0.15, 0.2) is 0 Å². The normalized spacial score (nSPS) is 31.4. The number of nitrogens with zero attached hydrogens (tertiary/aromatic N) is 2. The zero-order valence-electron chi connectivity index (χ0n) is 19.1. The molecule has 0 N–H and O–H groups in total. The molecule has 7 nitrogen and oxygen atoms in total. The summed E-state index contributed by atoms with van der Waals surface area (Å²) in [6, 6.07) is 11.5. The fraction of sp³-hybridized carbons (Fsp3) is 0.423. The lowest BCUT2D eigenvalue weighted by Crippen LogP contribution is -2.41. The van der Waals surface area contributed by atoms with Crippen LogP contribution in [-0.4, -0.2) is 37.8 Å². The Labute approximate surface area is 192 Å². The van der Waals surface area contributed by atoms with Crippen LogP contribution in [0.2, 0.25) is 0 Å². The summed E-state index contributed by atoms with van der Waals surface area (Å²) in [5.74, 6) is 0.476. The van der Waals surface area contributed by atoms with E-state index in [1.807, 2.05) is 50.2 Å². The average molecular weight is 447 g/mol. The molecule has 33 heavy (non-hydrogen) atoms. The number of imide groups is 1. The second-order valence-corrected chi connectivity index (χ2v) is 9.51. The van der Waals surface area contributed by atoms with Gasteiger partial charge in [0.1, 0.15) is 17.6 Å². The van der Waals surface area contributed by atoms with Gasteiger partial charge in [-0.05, 0) is 49.4 Å². The summed E-state index contributed by atoms with van der Waals surface area (Å²) in [6.07, 6.45) is 0.618. The second-order valence-electron chi connectivity index (χ2n) is 9.51. The lowest BCUT2D eigenvalue weighted by molar-refractivity contribution is -0.125. The van der Waals surface area contributed by atoms with Crippen LogP contribution in [0.4, 0.5) is 5.69 Å². The van der Waals surface area contributed by atoms with E-state index in [9.17, 15) is 9.59 Å². The Morgan fingerprint density at radius 3 is 2.30 bits per heavy atom. The maximum atomic E-state index is 13.7. The Morgan fingerprint density at radius 2 is 1.64 bits per heavy atom. The van der Waals surface area contributed by atoms with Crippen molar-refractivity contribution in [2.24, 2.45) is 34.7 Å². The highest BCUT2D eigenvalue weighted by Gasteiger charge is 2.70. The van der Waals surface area contributed by atoms with Gasteiger partial charge in [-0.3, -0.25) is 9.59 Å². The maximum Gasteiger partial charge on any atom is 0.238 e. The molecule has 3 fully saturated rings. The quantitative estimate of drug-likeness (QED) is 0.672. The van der Waals surface area contributed by atoms with E-state index in [0.717, 1.165) is 34.5 Å². The van der Waals surface area contributed by atoms with Crippen LogP contribution in [0.3, 0.4) is 0 Å².